The first-order chi connectivity index (χ1) is 19.0. The van der Waals surface area contributed by atoms with Crippen molar-refractivity contribution in [3.63, 3.8) is 0 Å². The second-order valence-electron chi connectivity index (χ2n) is 11.9. The molecular weight excluding hydrogens is 542 g/mol. The van der Waals surface area contributed by atoms with Gasteiger partial charge in [-0.15, -0.1) is 0 Å². The number of phenols is 1. The molecule has 11 nitrogen and oxygen atoms in total. The third kappa shape index (κ3) is 4.20. The van der Waals surface area contributed by atoms with E-state index in [-0.39, 0.29) is 49.1 Å². The molecule has 0 unspecified atom stereocenters. The number of primary amides is 1. The number of alkyl halides is 2. The molecule has 0 bridgehead atoms. The van der Waals surface area contributed by atoms with Crippen molar-refractivity contribution >= 4 is 23.2 Å². The number of fused-ring (bicyclic) bond motifs is 3. The minimum Gasteiger partial charge on any atom is -0.510 e. The monoisotopic (exact) mass is 576 g/mol. The number of hydrogen-bond donors (Lipinski definition) is 5. The van der Waals surface area contributed by atoms with Crippen molar-refractivity contribution in [3.8, 4) is 5.75 Å². The van der Waals surface area contributed by atoms with Crippen LogP contribution in [0.4, 0.5) is 14.5 Å². The van der Waals surface area contributed by atoms with Crippen LogP contribution >= 0.6 is 0 Å². The molecule has 0 aromatic heterocycles. The number of halogens is 2. The van der Waals surface area contributed by atoms with E-state index in [1.807, 2.05) is 0 Å². The first-order valence-electron chi connectivity index (χ1n) is 13.3. The number of benzene rings is 1. The molecule has 1 aliphatic heterocycles. The summed E-state index contributed by atoms with van der Waals surface area (Å²) in [5, 5.41) is 45.4. The molecule has 13 heteroatoms. The second-order valence-corrected chi connectivity index (χ2v) is 11.9. The molecule has 1 aromatic rings. The summed E-state index contributed by atoms with van der Waals surface area (Å²) >= 11 is 0. The Morgan fingerprint density at radius 2 is 1.83 bits per heavy atom. The standard InChI is InChI=1S/C28H34F2N4O7/c1-32(2)16-9-13(10-34-6-5-27(29,30)11-34)21(35)18-14(16)7-12-8-15-20(33(3)4)23(37)19(26(31)40)25(39)28(15,41)24(38)17(12)22(18)36/h9,12,15,20,35,37-38,41H,5-8,10-11H2,1-4H3,(H2,31,40)/t12-,15-,20-,28-/m0/s1. The Hall–Kier alpha value is -3.55. The summed E-state index contributed by atoms with van der Waals surface area (Å²) < 4.78 is 27.7. The van der Waals surface area contributed by atoms with Gasteiger partial charge in [0.15, 0.2) is 11.4 Å². The summed E-state index contributed by atoms with van der Waals surface area (Å²) in [6.07, 6.45) is -0.207. The number of likely N-dealkylation sites (N-methyl/N-ethyl adjacent to an activating group) is 1. The number of ketones is 2. The van der Waals surface area contributed by atoms with Gasteiger partial charge in [-0.2, -0.15) is 0 Å². The van der Waals surface area contributed by atoms with Crippen LogP contribution in [0.2, 0.25) is 0 Å². The molecule has 0 radical (unpaired) electrons. The molecule has 1 fully saturated rings. The highest BCUT2D eigenvalue weighted by atomic mass is 19.3. The highest BCUT2D eigenvalue weighted by Gasteiger charge is 2.63. The van der Waals surface area contributed by atoms with Crippen LogP contribution in [0.15, 0.2) is 28.7 Å². The second kappa shape index (κ2) is 9.50. The van der Waals surface area contributed by atoms with Gasteiger partial charge in [0.1, 0.15) is 22.8 Å². The highest BCUT2D eigenvalue weighted by Crippen LogP contribution is 2.53. The largest absolute Gasteiger partial charge is 0.510 e. The number of carbonyl (C=O) groups excluding carboxylic acids is 3. The van der Waals surface area contributed by atoms with Gasteiger partial charge < -0.3 is 31.1 Å². The summed E-state index contributed by atoms with van der Waals surface area (Å²) in [6, 6.07) is 0.578. The first-order valence-corrected chi connectivity index (χ1v) is 13.3. The molecule has 0 spiro atoms. The normalized spacial score (nSPS) is 29.5. The molecular formula is C28H34F2N4O7. The smallest absolute Gasteiger partial charge is 0.261 e. The fourth-order valence-electron chi connectivity index (χ4n) is 7.06. The lowest BCUT2D eigenvalue weighted by atomic mass is 9.58. The number of Topliss-reactive ketones (excluding diaryl/α,β-unsaturated/α-hetero) is 2. The molecule has 1 heterocycles. The van der Waals surface area contributed by atoms with Gasteiger partial charge in [0, 0.05) is 56.3 Å². The van der Waals surface area contributed by atoms with Gasteiger partial charge >= 0.3 is 0 Å². The Bertz CT molecular complexity index is 1440. The highest BCUT2D eigenvalue weighted by molar-refractivity contribution is 6.24. The van der Waals surface area contributed by atoms with E-state index in [0.29, 0.717) is 11.3 Å². The van der Waals surface area contributed by atoms with Crippen molar-refractivity contribution in [2.24, 2.45) is 17.6 Å². The number of aromatic hydroxyl groups is 1. The van der Waals surface area contributed by atoms with Crippen LogP contribution in [0.5, 0.6) is 5.75 Å². The summed E-state index contributed by atoms with van der Waals surface area (Å²) in [5.74, 6) is -10.1. The van der Waals surface area contributed by atoms with Crippen LogP contribution in [0.1, 0.15) is 34.3 Å². The Balaban J connectivity index is 1.66. The van der Waals surface area contributed by atoms with Gasteiger partial charge in [-0.25, -0.2) is 8.78 Å². The van der Waals surface area contributed by atoms with Crippen molar-refractivity contribution < 1.29 is 43.6 Å². The van der Waals surface area contributed by atoms with Gasteiger partial charge in [0.25, 0.3) is 11.8 Å². The van der Waals surface area contributed by atoms with E-state index in [2.05, 4.69) is 0 Å². The number of allylic oxidation sites excluding steroid dienone is 1. The van der Waals surface area contributed by atoms with E-state index in [4.69, 9.17) is 5.73 Å². The molecule has 1 aromatic carbocycles. The Kier molecular flexibility index (Phi) is 6.71. The molecule has 4 aliphatic rings. The average Bonchev–Trinajstić information content (AvgIpc) is 3.20. The van der Waals surface area contributed by atoms with Gasteiger partial charge in [0.2, 0.25) is 5.78 Å². The number of aliphatic hydroxyl groups is 3. The zero-order chi connectivity index (χ0) is 30.3. The SMILES string of the molecule is CN(C)c1cc(CN2CCC(F)(F)C2)c(O)c2c1C[C@H]1C[C@H]3[C@H](N(C)C)C(O)=C(C(N)=O)C(=O)[C@@]3(O)C(O)=C1C2=O. The molecule has 5 rings (SSSR count). The quantitative estimate of drug-likeness (QED) is 0.319. The van der Waals surface area contributed by atoms with Gasteiger partial charge in [-0.3, -0.25) is 24.2 Å². The molecule has 1 saturated heterocycles. The lowest BCUT2D eigenvalue weighted by molar-refractivity contribution is -0.148. The number of phenolic OH excluding ortho intramolecular Hbond substituents is 1. The summed E-state index contributed by atoms with van der Waals surface area (Å²) in [6.45, 7) is -0.428. The van der Waals surface area contributed by atoms with E-state index in [9.17, 15) is 43.6 Å². The van der Waals surface area contributed by atoms with Crippen LogP contribution in [-0.4, -0.2) is 107 Å². The van der Waals surface area contributed by atoms with Crippen LogP contribution in [0.3, 0.4) is 0 Å². The van der Waals surface area contributed by atoms with E-state index < -0.39 is 76.3 Å². The van der Waals surface area contributed by atoms with Gasteiger partial charge in [-0.1, -0.05) is 0 Å². The van der Waals surface area contributed by atoms with Crippen molar-refractivity contribution in [3.05, 3.63) is 45.4 Å². The predicted octanol–water partition coefficient (Wildman–Crippen LogP) is 1.03. The molecule has 41 heavy (non-hydrogen) atoms. The Morgan fingerprint density at radius 1 is 1.17 bits per heavy atom. The first kappa shape index (κ1) is 29.0. The average molecular weight is 577 g/mol. The van der Waals surface area contributed by atoms with Crippen molar-refractivity contribution in [1.29, 1.82) is 0 Å². The van der Waals surface area contributed by atoms with E-state index in [1.165, 1.54) is 9.80 Å². The molecule has 4 atom stereocenters. The van der Waals surface area contributed by atoms with Crippen molar-refractivity contribution in [2.45, 2.75) is 43.4 Å². The maximum Gasteiger partial charge on any atom is 0.261 e. The molecule has 3 aliphatic carbocycles. The number of anilines is 1. The predicted molar refractivity (Wildman–Crippen MR) is 143 cm³/mol. The van der Waals surface area contributed by atoms with E-state index in [1.54, 1.807) is 39.2 Å². The number of rotatable bonds is 5. The number of likely N-dealkylation sites (tertiary alicyclic amines) is 1. The molecule has 222 valence electrons. The van der Waals surface area contributed by atoms with Crippen LogP contribution in [0, 0.1) is 11.8 Å². The Labute approximate surface area is 235 Å². The minimum atomic E-state index is -2.86. The molecule has 0 saturated carbocycles. The van der Waals surface area contributed by atoms with Gasteiger partial charge in [0.05, 0.1) is 18.2 Å². The summed E-state index contributed by atoms with van der Waals surface area (Å²) in [5.41, 5.74) is 2.64. The topological polar surface area (TPSA) is 168 Å². The van der Waals surface area contributed by atoms with Crippen LogP contribution < -0.4 is 10.6 Å². The van der Waals surface area contributed by atoms with Crippen molar-refractivity contribution in [2.75, 3.05) is 46.2 Å². The molecule has 1 amide bonds. The lowest BCUT2D eigenvalue weighted by Crippen LogP contribution is -2.63. The van der Waals surface area contributed by atoms with Gasteiger partial charge in [-0.05, 0) is 44.5 Å². The number of aliphatic hydroxyl groups excluding tert-OH is 2. The number of nitrogens with two attached hydrogens (primary N) is 1. The third-order valence-corrected chi connectivity index (χ3v) is 8.90. The number of amides is 1. The molecule has 6 N–H and O–H groups in total. The Morgan fingerprint density at radius 3 is 2.37 bits per heavy atom. The maximum absolute atomic E-state index is 14.1. The van der Waals surface area contributed by atoms with Crippen LogP contribution in [0.25, 0.3) is 0 Å². The van der Waals surface area contributed by atoms with Crippen molar-refractivity contribution in [1.82, 2.24) is 9.80 Å². The van der Waals surface area contributed by atoms with E-state index in [0.717, 1.165) is 0 Å². The fourth-order valence-corrected chi connectivity index (χ4v) is 7.06. The lowest BCUT2D eigenvalue weighted by Gasteiger charge is -2.50. The fraction of sp³-hybridized carbons (Fsp3) is 0.536. The van der Waals surface area contributed by atoms with Crippen LogP contribution in [-0.2, 0) is 22.6 Å². The number of carbonyl (C=O) groups is 3. The zero-order valence-electron chi connectivity index (χ0n) is 23.2. The summed E-state index contributed by atoms with van der Waals surface area (Å²) in [7, 11) is 6.60. The minimum absolute atomic E-state index is 0.0238. The number of hydrogen-bond acceptors (Lipinski definition) is 10. The third-order valence-electron chi connectivity index (χ3n) is 8.90. The number of nitrogens with zero attached hydrogens (tertiary/aromatic N) is 3. The summed E-state index contributed by atoms with van der Waals surface area (Å²) in [4.78, 5) is 44.3. The van der Waals surface area contributed by atoms with E-state index >= 15 is 0 Å². The maximum atomic E-state index is 14.1. The zero-order valence-corrected chi connectivity index (χ0v) is 23.2.